The normalized spacial score (nSPS) is 19.1. The molecule has 0 saturated heterocycles. The minimum atomic E-state index is -0.700. The number of nitrogens with one attached hydrogen (secondary N) is 2. The van der Waals surface area contributed by atoms with E-state index < -0.39 is 22.4 Å². The van der Waals surface area contributed by atoms with Gasteiger partial charge in [0.15, 0.2) is 11.5 Å². The zero-order chi connectivity index (χ0) is 24.7. The Morgan fingerprint density at radius 2 is 1.80 bits per heavy atom. The third kappa shape index (κ3) is 4.06. The van der Waals surface area contributed by atoms with Crippen LogP contribution < -0.4 is 15.4 Å². The van der Waals surface area contributed by atoms with Crippen LogP contribution in [0.3, 0.4) is 0 Å². The molecular formula is C26H22ClN3O5. The molecule has 2 aliphatic rings. The maximum absolute atomic E-state index is 13.7. The van der Waals surface area contributed by atoms with E-state index in [1.54, 1.807) is 0 Å². The molecular weight excluding hydrogens is 470 g/mol. The monoisotopic (exact) mass is 491 g/mol. The molecule has 1 aliphatic heterocycles. The summed E-state index contributed by atoms with van der Waals surface area (Å²) in [7, 11) is 1.32. The van der Waals surface area contributed by atoms with Crippen LogP contribution in [0, 0.1) is 10.1 Å². The number of nitro benzene ring substituents is 1. The Labute approximate surface area is 206 Å². The number of ether oxygens (including phenoxy) is 1. The fourth-order valence-corrected chi connectivity index (χ4v) is 5.13. The van der Waals surface area contributed by atoms with E-state index in [2.05, 4.69) is 10.6 Å². The van der Waals surface area contributed by atoms with Crippen molar-refractivity contribution in [2.45, 2.75) is 24.8 Å². The van der Waals surface area contributed by atoms with Gasteiger partial charge in [-0.3, -0.25) is 14.9 Å². The molecule has 3 aromatic carbocycles. The molecule has 1 aliphatic carbocycles. The predicted molar refractivity (Wildman–Crippen MR) is 133 cm³/mol. The van der Waals surface area contributed by atoms with E-state index in [9.17, 15) is 20.0 Å². The van der Waals surface area contributed by atoms with Crippen molar-refractivity contribution in [1.82, 2.24) is 0 Å². The van der Waals surface area contributed by atoms with Crippen LogP contribution in [0.25, 0.3) is 0 Å². The summed E-state index contributed by atoms with van der Waals surface area (Å²) < 4.78 is 5.21. The van der Waals surface area contributed by atoms with Crippen LogP contribution in [-0.2, 0) is 4.79 Å². The summed E-state index contributed by atoms with van der Waals surface area (Å²) in [5.41, 5.74) is 3.58. The Morgan fingerprint density at radius 3 is 2.51 bits per heavy atom. The number of ketones is 1. The third-order valence-corrected chi connectivity index (χ3v) is 6.83. The van der Waals surface area contributed by atoms with Crippen LogP contribution in [0.5, 0.6) is 11.5 Å². The Hall–Kier alpha value is -4.04. The maximum Gasteiger partial charge on any atom is 0.315 e. The van der Waals surface area contributed by atoms with E-state index in [0.717, 1.165) is 22.6 Å². The van der Waals surface area contributed by atoms with E-state index >= 15 is 0 Å². The van der Waals surface area contributed by atoms with Crippen molar-refractivity contribution in [3.8, 4) is 11.5 Å². The molecule has 1 heterocycles. The number of methoxy groups -OCH3 is 1. The lowest BCUT2D eigenvalue weighted by Crippen LogP contribution is -2.27. The van der Waals surface area contributed by atoms with Gasteiger partial charge in [0.25, 0.3) is 0 Å². The summed E-state index contributed by atoms with van der Waals surface area (Å²) in [5, 5.41) is 29.3. The van der Waals surface area contributed by atoms with Gasteiger partial charge >= 0.3 is 5.69 Å². The number of carbonyl (C=O) groups excluding carboxylic acids is 1. The highest BCUT2D eigenvalue weighted by Crippen LogP contribution is 2.47. The zero-order valence-electron chi connectivity index (χ0n) is 18.7. The van der Waals surface area contributed by atoms with Gasteiger partial charge in [-0.1, -0.05) is 41.9 Å². The van der Waals surface area contributed by atoms with Gasteiger partial charge < -0.3 is 20.5 Å². The lowest BCUT2D eigenvalue weighted by atomic mass is 9.78. The minimum absolute atomic E-state index is 0.0409. The Balaban J connectivity index is 1.67. The molecule has 3 N–H and O–H groups in total. The SMILES string of the molecule is COc1cc([C@@H]2Nc3ccccc3NC3=C2C(=O)C[C@H](c2ccccc2Cl)C3)cc([N+](=O)[O-])c1O. The summed E-state index contributed by atoms with van der Waals surface area (Å²) in [6.45, 7) is 0. The van der Waals surface area contributed by atoms with E-state index in [4.69, 9.17) is 16.3 Å². The van der Waals surface area contributed by atoms with Crippen molar-refractivity contribution >= 4 is 34.4 Å². The summed E-state index contributed by atoms with van der Waals surface area (Å²) in [6, 6.07) is 17.1. The quantitative estimate of drug-likeness (QED) is 0.305. The third-order valence-electron chi connectivity index (χ3n) is 6.48. The van der Waals surface area contributed by atoms with Crippen molar-refractivity contribution < 1.29 is 19.6 Å². The van der Waals surface area contributed by atoms with Crippen molar-refractivity contribution in [2.75, 3.05) is 17.7 Å². The molecule has 0 aromatic heterocycles. The van der Waals surface area contributed by atoms with Gasteiger partial charge in [0.05, 0.1) is 29.4 Å². The summed E-state index contributed by atoms with van der Waals surface area (Å²) in [6.07, 6.45) is 0.782. The molecule has 9 heteroatoms. The first kappa shape index (κ1) is 22.7. The highest BCUT2D eigenvalue weighted by molar-refractivity contribution is 6.31. The number of aromatic hydroxyl groups is 1. The molecule has 0 radical (unpaired) electrons. The maximum atomic E-state index is 13.7. The van der Waals surface area contributed by atoms with Crippen molar-refractivity contribution in [1.29, 1.82) is 0 Å². The number of benzene rings is 3. The number of halogens is 1. The number of nitrogens with zero attached hydrogens (tertiary/aromatic N) is 1. The largest absolute Gasteiger partial charge is 0.500 e. The second kappa shape index (κ2) is 8.96. The minimum Gasteiger partial charge on any atom is -0.500 e. The number of Topliss-reactive ketones (excluding diaryl/α,β-unsaturated/α-hetero) is 1. The van der Waals surface area contributed by atoms with Gasteiger partial charge in [0.2, 0.25) is 5.75 Å². The lowest BCUT2D eigenvalue weighted by molar-refractivity contribution is -0.386. The molecule has 0 unspecified atom stereocenters. The molecule has 0 saturated carbocycles. The Kier molecular flexibility index (Phi) is 5.82. The summed E-state index contributed by atoms with van der Waals surface area (Å²) in [5.74, 6) is -0.807. The second-order valence-corrected chi connectivity index (χ2v) is 8.95. The molecule has 0 amide bonds. The summed E-state index contributed by atoms with van der Waals surface area (Å²) in [4.78, 5) is 24.6. The lowest BCUT2D eigenvalue weighted by Gasteiger charge is -2.30. The number of hydrogen-bond donors (Lipinski definition) is 3. The first-order chi connectivity index (χ1) is 16.9. The van der Waals surface area contributed by atoms with Crippen molar-refractivity contribution in [3.63, 3.8) is 0 Å². The number of phenolic OH excluding ortho intramolecular Hbond substituents is 1. The first-order valence-corrected chi connectivity index (χ1v) is 11.4. The van der Waals surface area contributed by atoms with E-state index in [0.29, 0.717) is 22.6 Å². The Morgan fingerprint density at radius 1 is 1.09 bits per heavy atom. The van der Waals surface area contributed by atoms with E-state index in [1.165, 1.54) is 19.2 Å². The molecule has 35 heavy (non-hydrogen) atoms. The smallest absolute Gasteiger partial charge is 0.315 e. The second-order valence-electron chi connectivity index (χ2n) is 8.54. The van der Waals surface area contributed by atoms with Crippen LogP contribution in [0.1, 0.15) is 35.9 Å². The standard InChI is InChI=1S/C26H22ClN3O5/c1-35-23-13-15(11-21(26(23)32)30(33)34)25-24-20(28-18-8-4-5-9-19(18)29-25)10-14(12-22(24)31)16-6-2-3-7-17(16)27/h2-9,11,13-14,25,28-29,32H,10,12H2,1H3/t14-,25+/m1/s1. The molecule has 0 spiro atoms. The van der Waals surface area contributed by atoms with Crippen LogP contribution in [-0.4, -0.2) is 22.9 Å². The number of rotatable bonds is 4. The zero-order valence-corrected chi connectivity index (χ0v) is 19.5. The molecule has 8 nitrogen and oxygen atoms in total. The molecule has 0 bridgehead atoms. The molecule has 178 valence electrons. The number of para-hydroxylation sites is 2. The summed E-state index contributed by atoms with van der Waals surface area (Å²) >= 11 is 6.45. The predicted octanol–water partition coefficient (Wildman–Crippen LogP) is 5.94. The van der Waals surface area contributed by atoms with E-state index in [1.807, 2.05) is 48.5 Å². The fourth-order valence-electron chi connectivity index (χ4n) is 4.84. The van der Waals surface area contributed by atoms with Crippen LogP contribution in [0.2, 0.25) is 5.02 Å². The highest BCUT2D eigenvalue weighted by Gasteiger charge is 2.37. The van der Waals surface area contributed by atoms with Gasteiger partial charge in [-0.15, -0.1) is 0 Å². The highest BCUT2D eigenvalue weighted by atomic mass is 35.5. The topological polar surface area (TPSA) is 114 Å². The average molecular weight is 492 g/mol. The number of hydrogen-bond acceptors (Lipinski definition) is 7. The van der Waals surface area contributed by atoms with Gasteiger partial charge in [0.1, 0.15) is 0 Å². The van der Waals surface area contributed by atoms with Crippen LogP contribution >= 0.6 is 11.6 Å². The fraction of sp³-hybridized carbons (Fsp3) is 0.192. The van der Waals surface area contributed by atoms with Crippen molar-refractivity contribution in [2.24, 2.45) is 0 Å². The first-order valence-electron chi connectivity index (χ1n) is 11.1. The van der Waals surface area contributed by atoms with Crippen LogP contribution in [0.4, 0.5) is 17.1 Å². The van der Waals surface area contributed by atoms with Crippen molar-refractivity contribution in [3.05, 3.63) is 98.2 Å². The number of allylic oxidation sites excluding steroid dienone is 1. The van der Waals surface area contributed by atoms with Crippen LogP contribution in [0.15, 0.2) is 71.9 Å². The average Bonchev–Trinajstić information content (AvgIpc) is 3.01. The Bertz CT molecular complexity index is 1390. The van der Waals surface area contributed by atoms with Gasteiger partial charge in [-0.05, 0) is 47.7 Å². The molecule has 5 rings (SSSR count). The van der Waals surface area contributed by atoms with E-state index in [-0.39, 0.29) is 23.9 Å². The molecule has 0 fully saturated rings. The van der Waals surface area contributed by atoms with Gasteiger partial charge in [-0.25, -0.2) is 0 Å². The number of carbonyl (C=O) groups is 1. The van der Waals surface area contributed by atoms with Gasteiger partial charge in [0, 0.05) is 28.8 Å². The number of anilines is 2. The number of fused-ring (bicyclic) bond motifs is 1. The van der Waals surface area contributed by atoms with Gasteiger partial charge in [-0.2, -0.15) is 0 Å². The molecule has 2 atom stereocenters. The number of phenols is 1. The number of nitro groups is 1. The molecule has 3 aromatic rings.